The van der Waals surface area contributed by atoms with Gasteiger partial charge in [0.15, 0.2) is 5.82 Å². The second-order valence-corrected chi connectivity index (χ2v) is 6.84. The van der Waals surface area contributed by atoms with Crippen LogP contribution in [0.25, 0.3) is 0 Å². The zero-order valence-corrected chi connectivity index (χ0v) is 14.8. The summed E-state index contributed by atoms with van der Waals surface area (Å²) in [5.74, 6) is 0.854. The molecule has 1 aliphatic carbocycles. The molecule has 2 heterocycles. The second-order valence-electron chi connectivity index (χ2n) is 6.43. The number of carbonyl (C=O) groups excluding carboxylic acids is 2. The number of hydrogen-bond donors (Lipinski definition) is 1. The van der Waals surface area contributed by atoms with Crippen LogP contribution in [-0.4, -0.2) is 34.9 Å². The highest BCUT2D eigenvalue weighted by atomic mass is 35.5. The number of hydrogen-bond acceptors (Lipinski definition) is 5. The molecular weight excluding hydrogens is 354 g/mol. The summed E-state index contributed by atoms with van der Waals surface area (Å²) >= 11 is 6.15. The Morgan fingerprint density at radius 1 is 1.35 bits per heavy atom. The first-order valence-electron chi connectivity index (χ1n) is 8.60. The quantitative estimate of drug-likeness (QED) is 0.789. The molecule has 2 aromatic rings. The standard InChI is InChI=1S/C18H18ClN5O2/c19-15-10-20-18(22-17(15)21-12-6-7-12)24(11-25)14-4-1-3-13(9-14)23-8-2-5-16(23)26/h1,3-4,9-12H,2,5-8H2,(H,20,21,22). The van der Waals surface area contributed by atoms with Crippen LogP contribution in [0.15, 0.2) is 30.5 Å². The summed E-state index contributed by atoms with van der Waals surface area (Å²) in [7, 11) is 0. The van der Waals surface area contributed by atoms with Gasteiger partial charge in [0.1, 0.15) is 5.02 Å². The third-order valence-corrected chi connectivity index (χ3v) is 4.74. The molecule has 7 nitrogen and oxygen atoms in total. The van der Waals surface area contributed by atoms with Gasteiger partial charge in [-0.05, 0) is 37.5 Å². The summed E-state index contributed by atoms with van der Waals surface area (Å²) < 4.78 is 0. The third kappa shape index (κ3) is 3.35. The molecule has 1 N–H and O–H groups in total. The first kappa shape index (κ1) is 16.8. The van der Waals surface area contributed by atoms with Crippen LogP contribution in [0, 0.1) is 0 Å². The van der Waals surface area contributed by atoms with E-state index in [0.717, 1.165) is 24.9 Å². The highest BCUT2D eigenvalue weighted by molar-refractivity contribution is 6.32. The van der Waals surface area contributed by atoms with E-state index in [4.69, 9.17) is 11.6 Å². The van der Waals surface area contributed by atoms with Gasteiger partial charge in [0.25, 0.3) is 0 Å². The Kier molecular flexibility index (Phi) is 4.46. The highest BCUT2D eigenvalue weighted by Crippen LogP contribution is 2.31. The molecule has 0 radical (unpaired) electrons. The molecule has 0 spiro atoms. The SMILES string of the molecule is O=CN(c1cccc(N2CCCC2=O)c1)c1ncc(Cl)c(NC2CC2)n1. The average Bonchev–Trinajstić information content (AvgIpc) is 3.36. The fourth-order valence-electron chi connectivity index (χ4n) is 2.95. The molecule has 2 fully saturated rings. The average molecular weight is 372 g/mol. The van der Waals surface area contributed by atoms with Crippen LogP contribution < -0.4 is 15.1 Å². The van der Waals surface area contributed by atoms with Crippen molar-refractivity contribution >= 4 is 47.1 Å². The lowest BCUT2D eigenvalue weighted by molar-refractivity contribution is -0.117. The van der Waals surface area contributed by atoms with E-state index in [1.807, 2.05) is 12.1 Å². The van der Waals surface area contributed by atoms with Gasteiger partial charge in [-0.2, -0.15) is 4.98 Å². The van der Waals surface area contributed by atoms with Crippen LogP contribution in [0.4, 0.5) is 23.1 Å². The fourth-order valence-corrected chi connectivity index (χ4v) is 3.10. The van der Waals surface area contributed by atoms with Crippen LogP contribution in [0.5, 0.6) is 0 Å². The van der Waals surface area contributed by atoms with E-state index in [2.05, 4.69) is 15.3 Å². The van der Waals surface area contributed by atoms with Gasteiger partial charge < -0.3 is 10.2 Å². The van der Waals surface area contributed by atoms with Crippen molar-refractivity contribution in [3.8, 4) is 0 Å². The van der Waals surface area contributed by atoms with E-state index in [0.29, 0.717) is 41.9 Å². The van der Waals surface area contributed by atoms with Crippen molar-refractivity contribution < 1.29 is 9.59 Å². The van der Waals surface area contributed by atoms with E-state index in [9.17, 15) is 9.59 Å². The van der Waals surface area contributed by atoms with Crippen LogP contribution in [0.3, 0.4) is 0 Å². The predicted molar refractivity (Wildman–Crippen MR) is 99.9 cm³/mol. The van der Waals surface area contributed by atoms with Gasteiger partial charge in [0, 0.05) is 24.7 Å². The summed E-state index contributed by atoms with van der Waals surface area (Å²) in [5.41, 5.74) is 1.36. The molecule has 1 aromatic carbocycles. The number of anilines is 4. The number of halogens is 1. The molecule has 1 aromatic heterocycles. The number of nitrogens with zero attached hydrogens (tertiary/aromatic N) is 4. The Balaban J connectivity index is 1.65. The predicted octanol–water partition coefficient (Wildman–Crippen LogP) is 3.13. The maximum Gasteiger partial charge on any atom is 0.238 e. The Labute approximate surface area is 156 Å². The maximum atomic E-state index is 12.0. The molecule has 0 unspecified atom stereocenters. The van der Waals surface area contributed by atoms with Crippen LogP contribution in [-0.2, 0) is 9.59 Å². The molecule has 1 saturated carbocycles. The van der Waals surface area contributed by atoms with Crippen LogP contribution >= 0.6 is 11.6 Å². The lowest BCUT2D eigenvalue weighted by Crippen LogP contribution is -2.24. The zero-order chi connectivity index (χ0) is 18.1. The number of aromatic nitrogens is 2. The molecule has 0 atom stereocenters. The van der Waals surface area contributed by atoms with Gasteiger partial charge in [0.05, 0.1) is 11.9 Å². The number of carbonyl (C=O) groups is 2. The van der Waals surface area contributed by atoms with Gasteiger partial charge in [0.2, 0.25) is 18.3 Å². The first-order chi connectivity index (χ1) is 12.7. The lowest BCUT2D eigenvalue weighted by Gasteiger charge is -2.20. The van der Waals surface area contributed by atoms with Crippen molar-refractivity contribution in [1.29, 1.82) is 0 Å². The molecular formula is C18H18ClN5O2. The third-order valence-electron chi connectivity index (χ3n) is 4.46. The largest absolute Gasteiger partial charge is 0.366 e. The minimum absolute atomic E-state index is 0.0958. The Hall–Kier alpha value is -2.67. The lowest BCUT2D eigenvalue weighted by atomic mass is 10.2. The minimum Gasteiger partial charge on any atom is -0.366 e. The Bertz CT molecular complexity index is 855. The maximum absolute atomic E-state index is 12.0. The van der Waals surface area contributed by atoms with Crippen molar-refractivity contribution in [2.45, 2.75) is 31.7 Å². The molecule has 1 saturated heterocycles. The molecule has 8 heteroatoms. The Morgan fingerprint density at radius 2 is 2.19 bits per heavy atom. The van der Waals surface area contributed by atoms with Crippen molar-refractivity contribution in [1.82, 2.24) is 9.97 Å². The molecule has 1 aliphatic heterocycles. The first-order valence-corrected chi connectivity index (χ1v) is 8.97. The summed E-state index contributed by atoms with van der Waals surface area (Å²) in [6, 6.07) is 7.63. The molecule has 4 rings (SSSR count). The van der Waals surface area contributed by atoms with Gasteiger partial charge in [-0.1, -0.05) is 17.7 Å². The monoisotopic (exact) mass is 371 g/mol. The minimum atomic E-state index is 0.0958. The van der Waals surface area contributed by atoms with E-state index in [-0.39, 0.29) is 11.9 Å². The van der Waals surface area contributed by atoms with E-state index >= 15 is 0 Å². The van der Waals surface area contributed by atoms with E-state index < -0.39 is 0 Å². The zero-order valence-electron chi connectivity index (χ0n) is 14.1. The highest BCUT2D eigenvalue weighted by Gasteiger charge is 2.25. The molecule has 0 bridgehead atoms. The van der Waals surface area contributed by atoms with E-state index in [1.54, 1.807) is 17.0 Å². The smallest absolute Gasteiger partial charge is 0.238 e. The summed E-state index contributed by atoms with van der Waals surface area (Å²) in [4.78, 5) is 35.4. The topological polar surface area (TPSA) is 78.4 Å². The van der Waals surface area contributed by atoms with Crippen molar-refractivity contribution in [2.75, 3.05) is 21.7 Å². The normalized spacial score (nSPS) is 16.7. The summed E-state index contributed by atoms with van der Waals surface area (Å²) in [6.07, 6.45) is 5.71. The molecule has 2 amide bonds. The number of benzene rings is 1. The number of amides is 2. The van der Waals surface area contributed by atoms with Crippen LogP contribution in [0.1, 0.15) is 25.7 Å². The fraction of sp³-hybridized carbons (Fsp3) is 0.333. The van der Waals surface area contributed by atoms with Gasteiger partial charge in [-0.25, -0.2) is 4.98 Å². The van der Waals surface area contributed by atoms with Crippen LogP contribution in [0.2, 0.25) is 5.02 Å². The molecule has 2 aliphatic rings. The number of rotatable bonds is 6. The summed E-state index contributed by atoms with van der Waals surface area (Å²) in [5, 5.41) is 3.66. The number of nitrogens with one attached hydrogen (secondary N) is 1. The summed E-state index contributed by atoms with van der Waals surface area (Å²) in [6.45, 7) is 0.691. The van der Waals surface area contributed by atoms with Crippen molar-refractivity contribution in [3.05, 3.63) is 35.5 Å². The van der Waals surface area contributed by atoms with Gasteiger partial charge in [-0.3, -0.25) is 14.5 Å². The van der Waals surface area contributed by atoms with Gasteiger partial charge in [-0.15, -0.1) is 0 Å². The van der Waals surface area contributed by atoms with Crippen molar-refractivity contribution in [2.24, 2.45) is 0 Å². The van der Waals surface area contributed by atoms with Gasteiger partial charge >= 0.3 is 0 Å². The van der Waals surface area contributed by atoms with E-state index in [1.165, 1.54) is 11.1 Å². The second kappa shape index (κ2) is 6.92. The Morgan fingerprint density at radius 3 is 2.88 bits per heavy atom. The molecule has 26 heavy (non-hydrogen) atoms. The van der Waals surface area contributed by atoms with Crippen molar-refractivity contribution in [3.63, 3.8) is 0 Å². The molecule has 134 valence electrons.